The molecule has 1 aromatic heterocycles. The quantitative estimate of drug-likeness (QED) is 0.230. The summed E-state index contributed by atoms with van der Waals surface area (Å²) < 4.78 is 5.05. The fourth-order valence-corrected chi connectivity index (χ4v) is 2.62. The molecule has 2 rings (SSSR count). The van der Waals surface area contributed by atoms with Crippen LogP contribution in [0.15, 0.2) is 29.4 Å². The van der Waals surface area contributed by atoms with E-state index in [4.69, 9.17) is 4.74 Å². The summed E-state index contributed by atoms with van der Waals surface area (Å²) in [5.74, 6) is 0.582. The van der Waals surface area contributed by atoms with E-state index in [-0.39, 0.29) is 36.4 Å². The van der Waals surface area contributed by atoms with E-state index in [2.05, 4.69) is 51.9 Å². The highest BCUT2D eigenvalue weighted by atomic mass is 127. The second-order valence-electron chi connectivity index (χ2n) is 6.36. The van der Waals surface area contributed by atoms with Crippen LogP contribution in [0.4, 0.5) is 0 Å². The molecule has 7 nitrogen and oxygen atoms in total. The van der Waals surface area contributed by atoms with E-state index in [9.17, 15) is 4.79 Å². The van der Waals surface area contributed by atoms with Gasteiger partial charge in [-0.25, -0.2) is 4.99 Å². The zero-order chi connectivity index (χ0) is 18.9. The van der Waals surface area contributed by atoms with Gasteiger partial charge in [-0.05, 0) is 24.5 Å². The molecule has 27 heavy (non-hydrogen) atoms. The predicted molar refractivity (Wildman–Crippen MR) is 121 cm³/mol. The molecule has 0 radical (unpaired) electrons. The van der Waals surface area contributed by atoms with E-state index < -0.39 is 0 Å². The second kappa shape index (κ2) is 11.8. The SMILES string of the molecule is COCCNC(=NCC(=O)N(C)C)NCCc1c[nH]c2c(C)cccc12.I. The Kier molecular flexibility index (Phi) is 10.2. The first kappa shape index (κ1) is 23.2. The smallest absolute Gasteiger partial charge is 0.243 e. The maximum atomic E-state index is 11.8. The number of aromatic nitrogens is 1. The van der Waals surface area contributed by atoms with Crippen molar-refractivity contribution in [3.05, 3.63) is 35.5 Å². The molecule has 0 saturated carbocycles. The van der Waals surface area contributed by atoms with Gasteiger partial charge in [-0.3, -0.25) is 4.79 Å². The lowest BCUT2D eigenvalue weighted by Crippen LogP contribution is -2.40. The number of carbonyl (C=O) groups is 1. The van der Waals surface area contributed by atoms with Crippen molar-refractivity contribution in [2.75, 3.05) is 47.4 Å². The monoisotopic (exact) mass is 487 g/mol. The van der Waals surface area contributed by atoms with Crippen molar-refractivity contribution >= 4 is 46.7 Å². The zero-order valence-electron chi connectivity index (χ0n) is 16.5. The number of H-pyrrole nitrogens is 1. The van der Waals surface area contributed by atoms with Gasteiger partial charge in [-0.2, -0.15) is 0 Å². The summed E-state index contributed by atoms with van der Waals surface area (Å²) in [5, 5.41) is 7.72. The number of rotatable bonds is 8. The third-order valence-electron chi connectivity index (χ3n) is 4.17. The molecule has 0 atom stereocenters. The van der Waals surface area contributed by atoms with Gasteiger partial charge in [0.1, 0.15) is 6.54 Å². The largest absolute Gasteiger partial charge is 0.383 e. The molecular formula is C19H30IN5O2. The number of hydrogen-bond acceptors (Lipinski definition) is 3. The number of amides is 1. The van der Waals surface area contributed by atoms with Crippen LogP contribution in [0.5, 0.6) is 0 Å². The standard InChI is InChI=1S/C19H29N5O2.HI/c1-14-6-5-7-16-15(12-22-18(14)16)8-9-20-19(21-10-11-26-4)23-13-17(25)24(2)3;/h5-7,12,22H,8-11,13H2,1-4H3,(H2,20,21,23);1H. The molecule has 0 aliphatic carbocycles. The summed E-state index contributed by atoms with van der Waals surface area (Å²) >= 11 is 0. The van der Waals surface area contributed by atoms with Crippen LogP contribution >= 0.6 is 24.0 Å². The van der Waals surface area contributed by atoms with Gasteiger partial charge in [0.15, 0.2) is 5.96 Å². The average Bonchev–Trinajstić information content (AvgIpc) is 3.03. The number of likely N-dealkylation sites (N-methyl/N-ethyl adjacent to an activating group) is 1. The Morgan fingerprint density at radius 3 is 2.70 bits per heavy atom. The Morgan fingerprint density at radius 2 is 2.00 bits per heavy atom. The van der Waals surface area contributed by atoms with Crippen LogP contribution in [0.1, 0.15) is 11.1 Å². The first-order chi connectivity index (χ1) is 12.5. The third kappa shape index (κ3) is 7.02. The predicted octanol–water partition coefficient (Wildman–Crippen LogP) is 1.91. The Balaban J connectivity index is 0.00000364. The molecule has 0 fully saturated rings. The lowest BCUT2D eigenvalue weighted by Gasteiger charge is -2.13. The van der Waals surface area contributed by atoms with Crippen molar-refractivity contribution in [1.29, 1.82) is 0 Å². The number of para-hydroxylation sites is 1. The number of methoxy groups -OCH3 is 1. The third-order valence-corrected chi connectivity index (χ3v) is 4.17. The van der Waals surface area contributed by atoms with Crippen molar-refractivity contribution < 1.29 is 9.53 Å². The molecule has 0 unspecified atom stereocenters. The molecule has 150 valence electrons. The van der Waals surface area contributed by atoms with E-state index in [1.165, 1.54) is 26.9 Å². The van der Waals surface area contributed by atoms with Crippen LogP contribution in [0.3, 0.4) is 0 Å². The van der Waals surface area contributed by atoms with Crippen LogP contribution in [-0.4, -0.2) is 69.2 Å². The first-order valence-corrected chi connectivity index (χ1v) is 8.79. The first-order valence-electron chi connectivity index (χ1n) is 8.79. The fourth-order valence-electron chi connectivity index (χ4n) is 2.62. The van der Waals surface area contributed by atoms with Gasteiger partial charge in [0.25, 0.3) is 0 Å². The summed E-state index contributed by atoms with van der Waals surface area (Å²) in [6, 6.07) is 6.32. The molecular weight excluding hydrogens is 457 g/mol. The van der Waals surface area contributed by atoms with E-state index in [0.29, 0.717) is 19.1 Å². The molecule has 1 aromatic carbocycles. The number of hydrogen-bond donors (Lipinski definition) is 3. The fraction of sp³-hybridized carbons (Fsp3) is 0.474. The number of ether oxygens (including phenoxy) is 1. The van der Waals surface area contributed by atoms with Gasteiger partial charge in [0, 0.05) is 51.4 Å². The molecule has 0 bridgehead atoms. The summed E-state index contributed by atoms with van der Waals surface area (Å²) in [6.45, 7) is 4.14. The van der Waals surface area contributed by atoms with Crippen molar-refractivity contribution in [2.24, 2.45) is 4.99 Å². The van der Waals surface area contributed by atoms with Crippen molar-refractivity contribution in [3.8, 4) is 0 Å². The van der Waals surface area contributed by atoms with Crippen molar-refractivity contribution in [1.82, 2.24) is 20.5 Å². The highest BCUT2D eigenvalue weighted by Gasteiger charge is 2.07. The van der Waals surface area contributed by atoms with E-state index in [1.807, 2.05) is 0 Å². The minimum Gasteiger partial charge on any atom is -0.383 e. The molecule has 8 heteroatoms. The lowest BCUT2D eigenvalue weighted by molar-refractivity contribution is -0.127. The van der Waals surface area contributed by atoms with Crippen LogP contribution < -0.4 is 10.6 Å². The molecule has 0 saturated heterocycles. The maximum Gasteiger partial charge on any atom is 0.243 e. The number of aliphatic imine (C=N–C) groups is 1. The van der Waals surface area contributed by atoms with Crippen LogP contribution in [-0.2, 0) is 16.0 Å². The Hall–Kier alpha value is -1.81. The minimum atomic E-state index is -0.0371. The van der Waals surface area contributed by atoms with E-state index in [0.717, 1.165) is 13.0 Å². The van der Waals surface area contributed by atoms with E-state index >= 15 is 0 Å². The molecule has 0 aliphatic rings. The van der Waals surface area contributed by atoms with E-state index in [1.54, 1.807) is 21.2 Å². The van der Waals surface area contributed by atoms with Crippen molar-refractivity contribution in [3.63, 3.8) is 0 Å². The highest BCUT2D eigenvalue weighted by Crippen LogP contribution is 2.21. The number of nitrogens with zero attached hydrogens (tertiary/aromatic N) is 2. The molecule has 1 amide bonds. The number of carbonyl (C=O) groups excluding carboxylic acids is 1. The van der Waals surface area contributed by atoms with Gasteiger partial charge in [0.2, 0.25) is 5.91 Å². The Bertz CT molecular complexity index is 758. The Labute approximate surface area is 178 Å². The molecule has 0 aliphatic heterocycles. The summed E-state index contributed by atoms with van der Waals surface area (Å²) in [7, 11) is 5.10. The highest BCUT2D eigenvalue weighted by molar-refractivity contribution is 14.0. The summed E-state index contributed by atoms with van der Waals surface area (Å²) in [5.41, 5.74) is 3.69. The summed E-state index contributed by atoms with van der Waals surface area (Å²) in [4.78, 5) is 21.0. The van der Waals surface area contributed by atoms with Gasteiger partial charge < -0.3 is 25.3 Å². The van der Waals surface area contributed by atoms with Crippen LogP contribution in [0.25, 0.3) is 10.9 Å². The minimum absolute atomic E-state index is 0. The number of guanidine groups is 1. The number of nitrogens with one attached hydrogen (secondary N) is 3. The number of benzene rings is 1. The van der Waals surface area contributed by atoms with Crippen LogP contribution in [0, 0.1) is 6.92 Å². The normalized spacial score (nSPS) is 11.2. The van der Waals surface area contributed by atoms with Crippen molar-refractivity contribution in [2.45, 2.75) is 13.3 Å². The Morgan fingerprint density at radius 1 is 1.26 bits per heavy atom. The molecule has 1 heterocycles. The van der Waals surface area contributed by atoms with Gasteiger partial charge in [0.05, 0.1) is 6.61 Å². The van der Waals surface area contributed by atoms with Crippen LogP contribution in [0.2, 0.25) is 0 Å². The summed E-state index contributed by atoms with van der Waals surface area (Å²) in [6.07, 6.45) is 2.92. The molecule has 0 spiro atoms. The number of aryl methyl sites for hydroxylation is 1. The number of halogens is 1. The van der Waals surface area contributed by atoms with Gasteiger partial charge >= 0.3 is 0 Å². The average molecular weight is 487 g/mol. The number of aromatic amines is 1. The lowest BCUT2D eigenvalue weighted by atomic mass is 10.1. The van der Waals surface area contributed by atoms with Gasteiger partial charge in [-0.1, -0.05) is 18.2 Å². The topological polar surface area (TPSA) is 81.8 Å². The zero-order valence-corrected chi connectivity index (χ0v) is 18.8. The molecule has 3 N–H and O–H groups in total. The second-order valence-corrected chi connectivity index (χ2v) is 6.36. The van der Waals surface area contributed by atoms with Gasteiger partial charge in [-0.15, -0.1) is 24.0 Å². The maximum absolute atomic E-state index is 11.8. The molecule has 2 aromatic rings. The number of fused-ring (bicyclic) bond motifs is 1.